The Hall–Kier alpha value is -1.71. The molecule has 4 nitrogen and oxygen atoms in total. The minimum Gasteiger partial charge on any atom is -0.303 e. The molecule has 0 unspecified atom stereocenters. The highest BCUT2D eigenvalue weighted by Gasteiger charge is 2.08. The highest BCUT2D eigenvalue weighted by atomic mass is 16.6. The largest absolute Gasteiger partial charge is 0.303 e. The van der Waals surface area contributed by atoms with Crippen molar-refractivity contribution < 1.29 is 9.72 Å². The monoisotopic (exact) mass is 193 g/mol. The van der Waals surface area contributed by atoms with Crippen molar-refractivity contribution in [2.45, 2.75) is 19.3 Å². The highest BCUT2D eigenvalue weighted by Crippen LogP contribution is 2.20. The Labute approximate surface area is 81.7 Å². The van der Waals surface area contributed by atoms with Gasteiger partial charge in [-0.1, -0.05) is 19.1 Å². The number of carbonyl (C=O) groups excluding carboxylic acids is 1. The summed E-state index contributed by atoms with van der Waals surface area (Å²) in [6.07, 6.45) is 1.30. The van der Waals surface area contributed by atoms with Gasteiger partial charge in [0.1, 0.15) is 6.29 Å². The third-order valence-electron chi connectivity index (χ3n) is 2.12. The fourth-order valence-electron chi connectivity index (χ4n) is 1.20. The molecule has 14 heavy (non-hydrogen) atoms. The summed E-state index contributed by atoms with van der Waals surface area (Å²) in [6, 6.07) is 6.28. The molecule has 0 heterocycles. The van der Waals surface area contributed by atoms with Gasteiger partial charge in [-0.05, 0) is 11.5 Å². The molecule has 0 bridgehead atoms. The molecule has 0 radical (unpaired) electrons. The van der Waals surface area contributed by atoms with Crippen molar-refractivity contribution in [3.63, 3.8) is 0 Å². The second kappa shape index (κ2) is 4.50. The molecule has 74 valence electrons. The van der Waals surface area contributed by atoms with E-state index in [0.717, 1.165) is 11.8 Å². The van der Waals surface area contributed by atoms with Crippen LogP contribution in [-0.2, 0) is 4.79 Å². The molecule has 0 aliphatic carbocycles. The highest BCUT2D eigenvalue weighted by molar-refractivity contribution is 5.51. The van der Waals surface area contributed by atoms with Crippen LogP contribution in [0.3, 0.4) is 0 Å². The maximum absolute atomic E-state index is 10.4. The van der Waals surface area contributed by atoms with Crippen molar-refractivity contribution in [1.82, 2.24) is 0 Å². The van der Waals surface area contributed by atoms with Crippen molar-refractivity contribution in [1.29, 1.82) is 0 Å². The van der Waals surface area contributed by atoms with E-state index in [2.05, 4.69) is 0 Å². The first kappa shape index (κ1) is 10.4. The van der Waals surface area contributed by atoms with Crippen LogP contribution in [0.2, 0.25) is 0 Å². The fraction of sp³-hybridized carbons (Fsp3) is 0.300. The van der Waals surface area contributed by atoms with Crippen molar-refractivity contribution in [3.05, 3.63) is 39.9 Å². The van der Waals surface area contributed by atoms with Gasteiger partial charge in [0, 0.05) is 18.6 Å². The zero-order valence-electron chi connectivity index (χ0n) is 7.84. The minimum atomic E-state index is -0.436. The van der Waals surface area contributed by atoms with E-state index in [1.54, 1.807) is 12.1 Å². The van der Waals surface area contributed by atoms with E-state index in [9.17, 15) is 14.9 Å². The molecule has 4 heteroatoms. The summed E-state index contributed by atoms with van der Waals surface area (Å²) in [5.74, 6) is 0.119. The molecule has 1 aromatic rings. The van der Waals surface area contributed by atoms with E-state index < -0.39 is 4.92 Å². The van der Waals surface area contributed by atoms with E-state index in [0.29, 0.717) is 6.42 Å². The van der Waals surface area contributed by atoms with Gasteiger partial charge < -0.3 is 4.79 Å². The van der Waals surface area contributed by atoms with Gasteiger partial charge in [-0.2, -0.15) is 0 Å². The number of nitrogens with zero attached hydrogens (tertiary/aromatic N) is 1. The Kier molecular flexibility index (Phi) is 3.34. The molecule has 0 N–H and O–H groups in total. The number of non-ortho nitro benzene ring substituents is 1. The van der Waals surface area contributed by atoms with Crippen molar-refractivity contribution in [2.75, 3.05) is 0 Å². The lowest BCUT2D eigenvalue weighted by molar-refractivity contribution is -0.384. The molecule has 1 aromatic carbocycles. The first-order valence-electron chi connectivity index (χ1n) is 4.33. The van der Waals surface area contributed by atoms with Crippen LogP contribution in [0.25, 0.3) is 0 Å². The lowest BCUT2D eigenvalue weighted by Crippen LogP contribution is -1.95. The Balaban J connectivity index is 2.82. The summed E-state index contributed by atoms with van der Waals surface area (Å²) >= 11 is 0. The van der Waals surface area contributed by atoms with E-state index >= 15 is 0 Å². The van der Waals surface area contributed by atoms with Gasteiger partial charge in [-0.25, -0.2) is 0 Å². The molecule has 0 saturated heterocycles. The number of aldehydes is 1. The van der Waals surface area contributed by atoms with E-state index in [-0.39, 0.29) is 11.6 Å². The average Bonchev–Trinajstić information content (AvgIpc) is 2.18. The number of nitro benzene ring substituents is 1. The first-order chi connectivity index (χ1) is 6.65. The summed E-state index contributed by atoms with van der Waals surface area (Å²) in [5.41, 5.74) is 1.02. The van der Waals surface area contributed by atoms with E-state index in [1.807, 2.05) is 6.92 Å². The second-order valence-corrected chi connectivity index (χ2v) is 3.15. The minimum absolute atomic E-state index is 0.0760. The van der Waals surface area contributed by atoms with E-state index in [1.165, 1.54) is 12.1 Å². The summed E-state index contributed by atoms with van der Waals surface area (Å²) in [6.45, 7) is 1.91. The number of hydrogen-bond donors (Lipinski definition) is 0. The molecule has 0 saturated carbocycles. The van der Waals surface area contributed by atoms with Crippen LogP contribution in [0.15, 0.2) is 24.3 Å². The van der Waals surface area contributed by atoms with Crippen LogP contribution < -0.4 is 0 Å². The number of rotatable bonds is 4. The normalized spacial score (nSPS) is 12.1. The fourth-order valence-corrected chi connectivity index (χ4v) is 1.20. The SMILES string of the molecule is C[C@H](CC=O)c1ccc([N+](=O)[O-])cc1. The Bertz CT molecular complexity index is 332. The number of benzene rings is 1. The molecular formula is C10H11NO3. The lowest BCUT2D eigenvalue weighted by atomic mass is 9.98. The van der Waals surface area contributed by atoms with Gasteiger partial charge in [-0.3, -0.25) is 10.1 Å². The molecule has 1 atom stereocenters. The molecular weight excluding hydrogens is 182 g/mol. The van der Waals surface area contributed by atoms with Gasteiger partial charge in [0.15, 0.2) is 0 Å². The van der Waals surface area contributed by atoms with Crippen molar-refractivity contribution >= 4 is 12.0 Å². The van der Waals surface area contributed by atoms with Crippen LogP contribution in [-0.4, -0.2) is 11.2 Å². The van der Waals surface area contributed by atoms with Crippen LogP contribution in [0.5, 0.6) is 0 Å². The van der Waals surface area contributed by atoms with Gasteiger partial charge in [0.25, 0.3) is 5.69 Å². The Morgan fingerprint density at radius 2 is 2.00 bits per heavy atom. The predicted molar refractivity (Wildman–Crippen MR) is 52.2 cm³/mol. The molecule has 0 spiro atoms. The van der Waals surface area contributed by atoms with Crippen molar-refractivity contribution in [3.8, 4) is 0 Å². The molecule has 0 aromatic heterocycles. The third-order valence-corrected chi connectivity index (χ3v) is 2.12. The van der Waals surface area contributed by atoms with Crippen molar-refractivity contribution in [2.24, 2.45) is 0 Å². The molecule has 0 fully saturated rings. The molecule has 1 rings (SSSR count). The standard InChI is InChI=1S/C10H11NO3/c1-8(6-7-12)9-2-4-10(5-3-9)11(13)14/h2-5,7-8H,6H2,1H3/t8-/m1/s1. The Morgan fingerprint density at radius 3 is 2.43 bits per heavy atom. The van der Waals surface area contributed by atoms with Crippen LogP contribution in [0, 0.1) is 10.1 Å². The zero-order valence-corrected chi connectivity index (χ0v) is 7.84. The Morgan fingerprint density at radius 1 is 1.43 bits per heavy atom. The first-order valence-corrected chi connectivity index (χ1v) is 4.33. The summed E-state index contributed by atoms with van der Waals surface area (Å²) in [7, 11) is 0. The van der Waals surface area contributed by atoms with Crippen LogP contribution in [0.4, 0.5) is 5.69 Å². The molecule has 0 amide bonds. The average molecular weight is 193 g/mol. The summed E-state index contributed by atoms with van der Waals surface area (Å²) < 4.78 is 0. The van der Waals surface area contributed by atoms with Gasteiger partial charge in [0.05, 0.1) is 4.92 Å². The molecule has 0 aliphatic heterocycles. The summed E-state index contributed by atoms with van der Waals surface area (Å²) in [5, 5.41) is 10.4. The van der Waals surface area contributed by atoms with E-state index in [4.69, 9.17) is 0 Å². The van der Waals surface area contributed by atoms with Crippen LogP contribution in [0.1, 0.15) is 24.8 Å². The second-order valence-electron chi connectivity index (χ2n) is 3.15. The van der Waals surface area contributed by atoms with Gasteiger partial charge in [0.2, 0.25) is 0 Å². The summed E-state index contributed by atoms with van der Waals surface area (Å²) in [4.78, 5) is 20.2. The maximum atomic E-state index is 10.4. The number of hydrogen-bond acceptors (Lipinski definition) is 3. The lowest BCUT2D eigenvalue weighted by Gasteiger charge is -2.06. The quantitative estimate of drug-likeness (QED) is 0.418. The van der Waals surface area contributed by atoms with Crippen LogP contribution >= 0.6 is 0 Å². The maximum Gasteiger partial charge on any atom is 0.269 e. The molecule has 0 aliphatic rings. The number of carbonyl (C=O) groups is 1. The smallest absolute Gasteiger partial charge is 0.269 e. The van der Waals surface area contributed by atoms with Gasteiger partial charge >= 0.3 is 0 Å². The number of nitro groups is 1. The topological polar surface area (TPSA) is 60.2 Å². The van der Waals surface area contributed by atoms with Gasteiger partial charge in [-0.15, -0.1) is 0 Å². The zero-order chi connectivity index (χ0) is 10.6. The third kappa shape index (κ3) is 2.39. The predicted octanol–water partition coefficient (Wildman–Crippen LogP) is 2.29.